The van der Waals surface area contributed by atoms with E-state index in [-0.39, 0.29) is 6.03 Å². The van der Waals surface area contributed by atoms with Crippen LogP contribution in [0.5, 0.6) is 0 Å². The van der Waals surface area contributed by atoms with Gasteiger partial charge >= 0.3 is 6.03 Å². The fourth-order valence-electron chi connectivity index (χ4n) is 2.69. The fraction of sp³-hybridized carbons (Fsp3) is 0.611. The molecule has 4 heteroatoms. The summed E-state index contributed by atoms with van der Waals surface area (Å²) in [4.78, 5) is 16.5. The van der Waals surface area contributed by atoms with Crippen molar-refractivity contribution in [2.45, 2.75) is 26.7 Å². The van der Waals surface area contributed by atoms with Crippen LogP contribution >= 0.6 is 0 Å². The Morgan fingerprint density at radius 1 is 1.14 bits per heavy atom. The van der Waals surface area contributed by atoms with Crippen molar-refractivity contribution in [1.29, 1.82) is 0 Å². The first-order chi connectivity index (χ1) is 10.6. The van der Waals surface area contributed by atoms with Gasteiger partial charge < -0.3 is 10.2 Å². The molecule has 122 valence electrons. The van der Waals surface area contributed by atoms with Gasteiger partial charge in [0, 0.05) is 39.3 Å². The molecule has 0 aromatic heterocycles. The Morgan fingerprint density at radius 2 is 1.82 bits per heavy atom. The summed E-state index contributed by atoms with van der Waals surface area (Å²) in [6, 6.07) is 10.7. The maximum Gasteiger partial charge on any atom is 0.317 e. The molecule has 4 nitrogen and oxygen atoms in total. The fourth-order valence-corrected chi connectivity index (χ4v) is 2.69. The highest BCUT2D eigenvalue weighted by atomic mass is 16.2. The highest BCUT2D eigenvalue weighted by Crippen LogP contribution is 2.06. The number of urea groups is 1. The second-order valence-electron chi connectivity index (χ2n) is 6.48. The first-order valence-electron chi connectivity index (χ1n) is 8.44. The highest BCUT2D eigenvalue weighted by Gasteiger charge is 2.20. The van der Waals surface area contributed by atoms with E-state index in [0.717, 1.165) is 52.1 Å². The standard InChI is InChI=1S/C18H29N3O/c1-16(2)8-10-19-18(22)21-14-12-20(13-15-21)11-9-17-6-4-3-5-7-17/h3-7,16H,8-15H2,1-2H3,(H,19,22). The molecule has 0 spiro atoms. The summed E-state index contributed by atoms with van der Waals surface area (Å²) >= 11 is 0. The van der Waals surface area contributed by atoms with Gasteiger partial charge in [0.15, 0.2) is 0 Å². The number of piperazine rings is 1. The summed E-state index contributed by atoms with van der Waals surface area (Å²) in [7, 11) is 0. The monoisotopic (exact) mass is 303 g/mol. The first kappa shape index (κ1) is 16.8. The number of carbonyl (C=O) groups is 1. The lowest BCUT2D eigenvalue weighted by atomic mass is 10.1. The largest absolute Gasteiger partial charge is 0.338 e. The molecule has 1 aromatic carbocycles. The molecule has 1 saturated heterocycles. The molecule has 1 aliphatic heterocycles. The Bertz CT molecular complexity index is 439. The van der Waals surface area contributed by atoms with E-state index in [9.17, 15) is 4.79 Å². The van der Waals surface area contributed by atoms with Gasteiger partial charge in [-0.2, -0.15) is 0 Å². The van der Waals surface area contributed by atoms with Crippen LogP contribution in [0.3, 0.4) is 0 Å². The van der Waals surface area contributed by atoms with E-state index in [2.05, 4.69) is 54.4 Å². The summed E-state index contributed by atoms with van der Waals surface area (Å²) in [6.07, 6.45) is 2.13. The summed E-state index contributed by atoms with van der Waals surface area (Å²) in [5, 5.41) is 3.02. The topological polar surface area (TPSA) is 35.6 Å². The zero-order valence-corrected chi connectivity index (χ0v) is 13.9. The van der Waals surface area contributed by atoms with Gasteiger partial charge in [0.2, 0.25) is 0 Å². The average Bonchev–Trinajstić information content (AvgIpc) is 2.54. The van der Waals surface area contributed by atoms with Crippen molar-refractivity contribution in [2.75, 3.05) is 39.3 Å². The molecular weight excluding hydrogens is 274 g/mol. The quantitative estimate of drug-likeness (QED) is 0.877. The lowest BCUT2D eigenvalue weighted by Crippen LogP contribution is -2.52. The Kier molecular flexibility index (Phi) is 6.72. The summed E-state index contributed by atoms with van der Waals surface area (Å²) in [5.41, 5.74) is 1.39. The lowest BCUT2D eigenvalue weighted by molar-refractivity contribution is 0.140. The van der Waals surface area contributed by atoms with Crippen molar-refractivity contribution in [1.82, 2.24) is 15.1 Å². The molecule has 1 aliphatic rings. The lowest BCUT2D eigenvalue weighted by Gasteiger charge is -2.34. The molecule has 0 atom stereocenters. The van der Waals surface area contributed by atoms with Crippen LogP contribution in [-0.4, -0.2) is 55.1 Å². The highest BCUT2D eigenvalue weighted by molar-refractivity contribution is 5.74. The summed E-state index contributed by atoms with van der Waals surface area (Å²) in [5.74, 6) is 0.634. The molecule has 0 radical (unpaired) electrons. The Morgan fingerprint density at radius 3 is 2.45 bits per heavy atom. The number of hydrogen-bond acceptors (Lipinski definition) is 2. The summed E-state index contributed by atoms with van der Waals surface area (Å²) in [6.45, 7) is 9.84. The zero-order chi connectivity index (χ0) is 15.8. The van der Waals surface area contributed by atoms with Crippen molar-refractivity contribution < 1.29 is 4.79 Å². The third kappa shape index (κ3) is 5.68. The molecule has 2 amide bonds. The van der Waals surface area contributed by atoms with E-state index in [0.29, 0.717) is 5.92 Å². The van der Waals surface area contributed by atoms with Gasteiger partial charge in [0.1, 0.15) is 0 Å². The van der Waals surface area contributed by atoms with Crippen LogP contribution in [0, 0.1) is 5.92 Å². The van der Waals surface area contributed by atoms with Crippen LogP contribution in [0.25, 0.3) is 0 Å². The number of nitrogens with one attached hydrogen (secondary N) is 1. The van der Waals surface area contributed by atoms with E-state index >= 15 is 0 Å². The number of hydrogen-bond donors (Lipinski definition) is 1. The van der Waals surface area contributed by atoms with Crippen molar-refractivity contribution in [3.63, 3.8) is 0 Å². The van der Waals surface area contributed by atoms with Crippen LogP contribution in [0.15, 0.2) is 30.3 Å². The van der Waals surface area contributed by atoms with Gasteiger partial charge in [-0.3, -0.25) is 4.90 Å². The minimum Gasteiger partial charge on any atom is -0.338 e. The molecule has 0 saturated carbocycles. The van der Waals surface area contributed by atoms with Crippen LogP contribution in [0.2, 0.25) is 0 Å². The van der Waals surface area contributed by atoms with Crippen molar-refractivity contribution >= 4 is 6.03 Å². The van der Waals surface area contributed by atoms with Gasteiger partial charge in [0.25, 0.3) is 0 Å². The molecule has 1 aromatic rings. The van der Waals surface area contributed by atoms with E-state index in [1.165, 1.54) is 5.56 Å². The number of carbonyl (C=O) groups excluding carboxylic acids is 1. The Hall–Kier alpha value is -1.55. The van der Waals surface area contributed by atoms with E-state index < -0.39 is 0 Å². The van der Waals surface area contributed by atoms with Gasteiger partial charge in [0.05, 0.1) is 0 Å². The molecule has 22 heavy (non-hydrogen) atoms. The summed E-state index contributed by atoms with van der Waals surface area (Å²) < 4.78 is 0. The molecule has 2 rings (SSSR count). The van der Waals surface area contributed by atoms with Crippen molar-refractivity contribution in [3.8, 4) is 0 Å². The van der Waals surface area contributed by atoms with Gasteiger partial charge in [-0.1, -0.05) is 44.2 Å². The van der Waals surface area contributed by atoms with Crippen molar-refractivity contribution in [2.24, 2.45) is 5.92 Å². The third-order valence-corrected chi connectivity index (χ3v) is 4.22. The maximum atomic E-state index is 12.1. The van der Waals surface area contributed by atoms with E-state index in [1.54, 1.807) is 0 Å². The molecule has 1 fully saturated rings. The predicted molar refractivity (Wildman–Crippen MR) is 91.0 cm³/mol. The Balaban J connectivity index is 1.64. The minimum absolute atomic E-state index is 0.100. The predicted octanol–water partition coefficient (Wildman–Crippen LogP) is 2.60. The molecular formula is C18H29N3O. The third-order valence-electron chi connectivity index (χ3n) is 4.22. The van der Waals surface area contributed by atoms with Crippen LogP contribution < -0.4 is 5.32 Å². The normalized spacial score (nSPS) is 16.0. The van der Waals surface area contributed by atoms with Gasteiger partial charge in [-0.25, -0.2) is 4.79 Å². The molecule has 0 bridgehead atoms. The maximum absolute atomic E-state index is 12.1. The molecule has 1 N–H and O–H groups in total. The molecule has 0 unspecified atom stereocenters. The zero-order valence-electron chi connectivity index (χ0n) is 13.9. The SMILES string of the molecule is CC(C)CCNC(=O)N1CCN(CCc2ccccc2)CC1. The van der Waals surface area contributed by atoms with Crippen LogP contribution in [-0.2, 0) is 6.42 Å². The number of rotatable bonds is 6. The number of benzene rings is 1. The van der Waals surface area contributed by atoms with Gasteiger partial charge in [-0.15, -0.1) is 0 Å². The average molecular weight is 303 g/mol. The number of nitrogens with zero attached hydrogens (tertiary/aromatic N) is 2. The van der Waals surface area contributed by atoms with E-state index in [1.807, 2.05) is 4.90 Å². The first-order valence-corrected chi connectivity index (χ1v) is 8.44. The van der Waals surface area contributed by atoms with Gasteiger partial charge in [-0.05, 0) is 24.3 Å². The second kappa shape index (κ2) is 8.79. The number of amides is 2. The molecule has 1 heterocycles. The Labute approximate surface area is 134 Å². The van der Waals surface area contributed by atoms with E-state index in [4.69, 9.17) is 0 Å². The smallest absolute Gasteiger partial charge is 0.317 e. The van der Waals surface area contributed by atoms with Crippen molar-refractivity contribution in [3.05, 3.63) is 35.9 Å². The van der Waals surface area contributed by atoms with Crippen LogP contribution in [0.4, 0.5) is 4.79 Å². The minimum atomic E-state index is 0.100. The molecule has 0 aliphatic carbocycles. The van der Waals surface area contributed by atoms with Crippen LogP contribution in [0.1, 0.15) is 25.8 Å². The second-order valence-corrected chi connectivity index (χ2v) is 6.48.